The van der Waals surface area contributed by atoms with Crippen LogP contribution in [0.25, 0.3) is 0 Å². The molecule has 0 aliphatic heterocycles. The minimum absolute atomic E-state index is 0.782. The molecule has 0 aromatic carbocycles. The van der Waals surface area contributed by atoms with Crippen LogP contribution in [0.3, 0.4) is 0 Å². The highest BCUT2D eigenvalue weighted by atomic mass is 32.1. The quantitative estimate of drug-likeness (QED) is 0.545. The van der Waals surface area contributed by atoms with Crippen LogP contribution < -0.4 is 5.32 Å². The molecule has 0 saturated heterocycles. The minimum Gasteiger partial charge on any atom is -0.377 e. The number of thiophene rings is 1. The second kappa shape index (κ2) is 11.3. The fraction of sp³-hybridized carbons (Fsp3) is 0.765. The monoisotopic (exact) mass is 297 g/mol. The molecule has 0 aliphatic carbocycles. The van der Waals surface area contributed by atoms with Gasteiger partial charge in [0.25, 0.3) is 0 Å². The Balaban J connectivity index is 2.16. The molecule has 3 heteroatoms. The first kappa shape index (κ1) is 17.7. The number of hydrogen-bond acceptors (Lipinski definition) is 3. The lowest BCUT2D eigenvalue weighted by atomic mass is 10.2. The molecular weight excluding hydrogens is 266 g/mol. The molecule has 20 heavy (non-hydrogen) atoms. The SMILES string of the molecule is CCCCCCCOCc1cc(CNCCC)sc1C. The number of hydrogen-bond donors (Lipinski definition) is 1. The number of rotatable bonds is 12. The molecule has 1 aromatic heterocycles. The summed E-state index contributed by atoms with van der Waals surface area (Å²) >= 11 is 1.90. The first-order chi connectivity index (χ1) is 9.77. The van der Waals surface area contributed by atoms with Gasteiger partial charge in [-0.25, -0.2) is 0 Å². The molecule has 116 valence electrons. The molecule has 0 radical (unpaired) electrons. The van der Waals surface area contributed by atoms with Crippen molar-refractivity contribution in [2.45, 2.75) is 72.4 Å². The Morgan fingerprint density at radius 3 is 2.65 bits per heavy atom. The Morgan fingerprint density at radius 1 is 1.10 bits per heavy atom. The second-order valence-electron chi connectivity index (χ2n) is 5.44. The Bertz CT molecular complexity index is 349. The van der Waals surface area contributed by atoms with E-state index in [4.69, 9.17) is 4.74 Å². The molecule has 0 fully saturated rings. The molecule has 2 nitrogen and oxygen atoms in total. The van der Waals surface area contributed by atoms with Gasteiger partial charge in [-0.05, 0) is 37.9 Å². The summed E-state index contributed by atoms with van der Waals surface area (Å²) in [5, 5.41) is 3.46. The normalized spacial score (nSPS) is 11.2. The van der Waals surface area contributed by atoms with Crippen molar-refractivity contribution in [2.24, 2.45) is 0 Å². The van der Waals surface area contributed by atoms with E-state index < -0.39 is 0 Å². The summed E-state index contributed by atoms with van der Waals surface area (Å²) < 4.78 is 5.81. The van der Waals surface area contributed by atoms with Crippen molar-refractivity contribution >= 4 is 11.3 Å². The van der Waals surface area contributed by atoms with E-state index in [9.17, 15) is 0 Å². The Kier molecular flexibility index (Phi) is 9.98. The van der Waals surface area contributed by atoms with Crippen molar-refractivity contribution in [2.75, 3.05) is 13.2 Å². The number of nitrogens with one attached hydrogen (secondary N) is 1. The van der Waals surface area contributed by atoms with E-state index in [0.717, 1.165) is 26.3 Å². The van der Waals surface area contributed by atoms with Crippen molar-refractivity contribution < 1.29 is 4.74 Å². The summed E-state index contributed by atoms with van der Waals surface area (Å²) in [4.78, 5) is 2.83. The maximum Gasteiger partial charge on any atom is 0.0727 e. The standard InChI is InChI=1S/C17H31NOS/c1-4-6-7-8-9-11-19-14-16-12-17(20-15(16)3)13-18-10-5-2/h12,18H,4-11,13-14H2,1-3H3. The van der Waals surface area contributed by atoms with Crippen LogP contribution in [0.1, 0.15) is 67.7 Å². The average molecular weight is 298 g/mol. The summed E-state index contributed by atoms with van der Waals surface area (Å²) in [6, 6.07) is 2.31. The Hall–Kier alpha value is -0.380. The third-order valence-corrected chi connectivity index (χ3v) is 4.54. The van der Waals surface area contributed by atoms with Gasteiger partial charge in [-0.2, -0.15) is 0 Å². The van der Waals surface area contributed by atoms with Crippen molar-refractivity contribution in [1.29, 1.82) is 0 Å². The van der Waals surface area contributed by atoms with E-state index in [2.05, 4.69) is 32.2 Å². The zero-order valence-corrected chi connectivity index (χ0v) is 14.3. The molecule has 0 amide bonds. The fourth-order valence-corrected chi connectivity index (χ4v) is 3.21. The van der Waals surface area contributed by atoms with Gasteiger partial charge in [0.2, 0.25) is 0 Å². The first-order valence-electron chi connectivity index (χ1n) is 8.14. The minimum atomic E-state index is 0.782. The number of unbranched alkanes of at least 4 members (excludes halogenated alkanes) is 4. The van der Waals surface area contributed by atoms with Gasteiger partial charge in [-0.1, -0.05) is 39.5 Å². The van der Waals surface area contributed by atoms with Gasteiger partial charge in [0.15, 0.2) is 0 Å². The summed E-state index contributed by atoms with van der Waals surface area (Å²) in [7, 11) is 0. The lowest BCUT2D eigenvalue weighted by molar-refractivity contribution is 0.116. The van der Waals surface area contributed by atoms with E-state index in [1.807, 2.05) is 11.3 Å². The molecule has 0 saturated carbocycles. The van der Waals surface area contributed by atoms with Gasteiger partial charge in [0.1, 0.15) is 0 Å². The molecule has 0 bridgehead atoms. The molecule has 1 N–H and O–H groups in total. The van der Waals surface area contributed by atoms with Gasteiger partial charge < -0.3 is 10.1 Å². The lowest BCUT2D eigenvalue weighted by Gasteiger charge is -2.03. The van der Waals surface area contributed by atoms with Gasteiger partial charge in [-0.15, -0.1) is 11.3 Å². The Labute approximate surface area is 128 Å². The van der Waals surface area contributed by atoms with E-state index >= 15 is 0 Å². The maximum absolute atomic E-state index is 5.81. The summed E-state index contributed by atoms with van der Waals surface area (Å²) in [6.45, 7) is 10.4. The summed E-state index contributed by atoms with van der Waals surface area (Å²) in [5.74, 6) is 0. The molecule has 1 rings (SSSR count). The third kappa shape index (κ3) is 7.41. The van der Waals surface area contributed by atoms with Crippen LogP contribution in [-0.2, 0) is 17.9 Å². The van der Waals surface area contributed by atoms with E-state index in [1.54, 1.807) is 0 Å². The van der Waals surface area contributed by atoms with Crippen molar-refractivity contribution in [3.63, 3.8) is 0 Å². The largest absolute Gasteiger partial charge is 0.377 e. The van der Waals surface area contributed by atoms with Gasteiger partial charge in [0.05, 0.1) is 6.61 Å². The molecular formula is C17H31NOS. The highest BCUT2D eigenvalue weighted by molar-refractivity contribution is 7.12. The topological polar surface area (TPSA) is 21.3 Å². The highest BCUT2D eigenvalue weighted by Gasteiger charge is 2.05. The van der Waals surface area contributed by atoms with Crippen LogP contribution in [-0.4, -0.2) is 13.2 Å². The first-order valence-corrected chi connectivity index (χ1v) is 8.96. The molecule has 0 unspecified atom stereocenters. The van der Waals surface area contributed by atoms with Gasteiger partial charge in [0, 0.05) is 22.9 Å². The van der Waals surface area contributed by atoms with Crippen LogP contribution in [0.5, 0.6) is 0 Å². The molecule has 0 aliphatic rings. The molecule has 0 atom stereocenters. The summed E-state index contributed by atoms with van der Waals surface area (Å²) in [6.07, 6.45) is 7.72. The smallest absolute Gasteiger partial charge is 0.0727 e. The second-order valence-corrected chi connectivity index (χ2v) is 6.78. The number of aryl methyl sites for hydroxylation is 1. The van der Waals surface area contributed by atoms with E-state index in [1.165, 1.54) is 53.8 Å². The van der Waals surface area contributed by atoms with Crippen LogP contribution in [0, 0.1) is 6.92 Å². The third-order valence-electron chi connectivity index (χ3n) is 3.45. The predicted molar refractivity (Wildman–Crippen MR) is 89.5 cm³/mol. The molecule has 1 heterocycles. The lowest BCUT2D eigenvalue weighted by Crippen LogP contribution is -2.12. The predicted octanol–water partition coefficient (Wildman–Crippen LogP) is 5.04. The van der Waals surface area contributed by atoms with Gasteiger partial charge >= 0.3 is 0 Å². The van der Waals surface area contributed by atoms with Gasteiger partial charge in [-0.3, -0.25) is 0 Å². The van der Waals surface area contributed by atoms with Crippen LogP contribution in [0.2, 0.25) is 0 Å². The van der Waals surface area contributed by atoms with E-state index in [0.29, 0.717) is 0 Å². The Morgan fingerprint density at radius 2 is 1.90 bits per heavy atom. The zero-order chi connectivity index (χ0) is 14.6. The summed E-state index contributed by atoms with van der Waals surface area (Å²) in [5.41, 5.74) is 1.37. The molecule has 0 spiro atoms. The zero-order valence-electron chi connectivity index (χ0n) is 13.5. The number of ether oxygens (including phenoxy) is 1. The molecule has 1 aromatic rings. The van der Waals surface area contributed by atoms with Crippen LogP contribution >= 0.6 is 11.3 Å². The van der Waals surface area contributed by atoms with Crippen molar-refractivity contribution in [3.05, 3.63) is 21.4 Å². The maximum atomic E-state index is 5.81. The van der Waals surface area contributed by atoms with Crippen LogP contribution in [0.15, 0.2) is 6.07 Å². The van der Waals surface area contributed by atoms with E-state index in [-0.39, 0.29) is 0 Å². The highest BCUT2D eigenvalue weighted by Crippen LogP contribution is 2.22. The van der Waals surface area contributed by atoms with Crippen molar-refractivity contribution in [1.82, 2.24) is 5.32 Å². The average Bonchev–Trinajstić information content (AvgIpc) is 2.79. The fourth-order valence-electron chi connectivity index (χ4n) is 2.20. The van der Waals surface area contributed by atoms with Crippen molar-refractivity contribution in [3.8, 4) is 0 Å². The van der Waals surface area contributed by atoms with Crippen LogP contribution in [0.4, 0.5) is 0 Å².